The lowest BCUT2D eigenvalue weighted by Crippen LogP contribution is -2.21. The van der Waals surface area contributed by atoms with Gasteiger partial charge in [-0.25, -0.2) is 9.18 Å². The highest BCUT2D eigenvalue weighted by molar-refractivity contribution is 5.94. The van der Waals surface area contributed by atoms with Gasteiger partial charge in [-0.15, -0.1) is 0 Å². The molecule has 1 amide bonds. The quantitative estimate of drug-likeness (QED) is 0.356. The van der Waals surface area contributed by atoms with E-state index in [0.717, 1.165) is 0 Å². The van der Waals surface area contributed by atoms with Gasteiger partial charge in [0, 0.05) is 0 Å². The van der Waals surface area contributed by atoms with E-state index in [1.54, 1.807) is 30.3 Å². The van der Waals surface area contributed by atoms with Crippen LogP contribution in [0.25, 0.3) is 11.4 Å². The summed E-state index contributed by atoms with van der Waals surface area (Å²) < 4.78 is 34.9. The minimum Gasteiger partial charge on any atom is -0.496 e. The zero-order valence-corrected chi connectivity index (χ0v) is 18.6. The van der Waals surface area contributed by atoms with Gasteiger partial charge in [-0.1, -0.05) is 41.6 Å². The molecule has 0 saturated carbocycles. The molecule has 1 heterocycles. The Morgan fingerprint density at radius 1 is 0.971 bits per heavy atom. The Balaban J connectivity index is 1.36. The van der Waals surface area contributed by atoms with Crippen LogP contribution in [0.1, 0.15) is 16.2 Å². The molecule has 0 aliphatic heterocycles. The molecule has 0 aliphatic rings. The van der Waals surface area contributed by atoms with Gasteiger partial charge in [-0.3, -0.25) is 4.79 Å². The summed E-state index contributed by atoms with van der Waals surface area (Å²) in [5.74, 6) is -0.803. The van der Waals surface area contributed by atoms with E-state index < -0.39 is 24.3 Å². The molecule has 0 unspecified atom stereocenters. The first kappa shape index (κ1) is 23.4. The molecule has 4 aromatic rings. The second-order valence-corrected chi connectivity index (χ2v) is 7.10. The molecule has 178 valence electrons. The summed E-state index contributed by atoms with van der Waals surface area (Å²) >= 11 is 0. The molecule has 3 aromatic carbocycles. The Morgan fingerprint density at radius 2 is 1.69 bits per heavy atom. The van der Waals surface area contributed by atoms with Crippen molar-refractivity contribution < 1.29 is 32.7 Å². The van der Waals surface area contributed by atoms with Gasteiger partial charge >= 0.3 is 5.97 Å². The molecule has 10 heteroatoms. The van der Waals surface area contributed by atoms with E-state index in [9.17, 15) is 14.0 Å². The van der Waals surface area contributed by atoms with Gasteiger partial charge in [-0.2, -0.15) is 4.98 Å². The minimum absolute atomic E-state index is 0.0286. The normalized spacial score (nSPS) is 10.5. The minimum atomic E-state index is -0.716. The summed E-state index contributed by atoms with van der Waals surface area (Å²) in [7, 11) is 1.53. The molecule has 35 heavy (non-hydrogen) atoms. The lowest BCUT2D eigenvalue weighted by atomic mass is 10.2. The molecule has 9 nitrogen and oxygen atoms in total. The predicted octanol–water partition coefficient (Wildman–Crippen LogP) is 4.26. The van der Waals surface area contributed by atoms with Gasteiger partial charge in [0.1, 0.15) is 22.9 Å². The molecular weight excluding hydrogens is 457 g/mol. The van der Waals surface area contributed by atoms with Crippen LogP contribution in [0.4, 0.5) is 10.1 Å². The number of carbonyl (C=O) groups is 2. The van der Waals surface area contributed by atoms with Gasteiger partial charge < -0.3 is 24.1 Å². The molecule has 0 atom stereocenters. The number of ether oxygens (including phenoxy) is 3. The third-order valence-electron chi connectivity index (χ3n) is 4.76. The molecular formula is C25H20FN3O6. The third kappa shape index (κ3) is 5.80. The largest absolute Gasteiger partial charge is 0.496 e. The molecule has 0 bridgehead atoms. The fourth-order valence-electron chi connectivity index (χ4n) is 3.11. The Morgan fingerprint density at radius 3 is 2.49 bits per heavy atom. The lowest BCUT2D eigenvalue weighted by molar-refractivity contribution is -0.118. The number of nitrogens with one attached hydrogen (secondary N) is 1. The fourth-order valence-corrected chi connectivity index (χ4v) is 3.11. The number of carbonyl (C=O) groups excluding carboxylic acids is 2. The lowest BCUT2D eigenvalue weighted by Gasteiger charge is -2.11. The molecule has 0 aliphatic carbocycles. The molecule has 4 rings (SSSR count). The summed E-state index contributed by atoms with van der Waals surface area (Å²) in [6.07, 6.45) is 0. The van der Waals surface area contributed by atoms with Crippen molar-refractivity contribution >= 4 is 17.6 Å². The number of rotatable bonds is 9. The van der Waals surface area contributed by atoms with Crippen LogP contribution in [0.3, 0.4) is 0 Å². The number of aromatic nitrogens is 2. The predicted molar refractivity (Wildman–Crippen MR) is 122 cm³/mol. The van der Waals surface area contributed by atoms with Crippen molar-refractivity contribution in [2.75, 3.05) is 19.0 Å². The van der Waals surface area contributed by atoms with Crippen molar-refractivity contribution in [1.29, 1.82) is 0 Å². The van der Waals surface area contributed by atoms with Crippen molar-refractivity contribution in [3.63, 3.8) is 0 Å². The van der Waals surface area contributed by atoms with Gasteiger partial charge in [0.15, 0.2) is 13.2 Å². The maximum absolute atomic E-state index is 13.7. The topological polar surface area (TPSA) is 113 Å². The number of para-hydroxylation sites is 3. The number of anilines is 1. The van der Waals surface area contributed by atoms with E-state index in [-0.39, 0.29) is 35.3 Å². The molecule has 0 spiro atoms. The summed E-state index contributed by atoms with van der Waals surface area (Å²) in [5, 5.41) is 6.31. The number of hydrogen-bond acceptors (Lipinski definition) is 8. The summed E-state index contributed by atoms with van der Waals surface area (Å²) in [4.78, 5) is 29.0. The second kappa shape index (κ2) is 10.9. The van der Waals surface area contributed by atoms with Crippen LogP contribution in [0, 0.1) is 5.82 Å². The van der Waals surface area contributed by atoms with E-state index in [1.165, 1.54) is 37.4 Å². The Bertz CT molecular complexity index is 1340. The van der Waals surface area contributed by atoms with Crippen LogP contribution >= 0.6 is 0 Å². The van der Waals surface area contributed by atoms with E-state index in [0.29, 0.717) is 11.3 Å². The van der Waals surface area contributed by atoms with Gasteiger partial charge in [0.05, 0.1) is 18.4 Å². The molecule has 0 fully saturated rings. The zero-order valence-electron chi connectivity index (χ0n) is 18.6. The first-order valence-corrected chi connectivity index (χ1v) is 10.4. The maximum atomic E-state index is 13.7. The first-order chi connectivity index (χ1) is 17.0. The Kier molecular flexibility index (Phi) is 7.31. The average molecular weight is 477 g/mol. The van der Waals surface area contributed by atoms with E-state index >= 15 is 0 Å². The number of esters is 1. The number of amides is 1. The van der Waals surface area contributed by atoms with Crippen LogP contribution in [0.15, 0.2) is 77.3 Å². The molecule has 0 saturated heterocycles. The summed E-state index contributed by atoms with van der Waals surface area (Å²) in [5.41, 5.74) is 0.750. The number of halogens is 1. The van der Waals surface area contributed by atoms with Crippen molar-refractivity contribution in [1.82, 2.24) is 10.1 Å². The van der Waals surface area contributed by atoms with Gasteiger partial charge in [0.25, 0.3) is 11.8 Å². The second-order valence-electron chi connectivity index (χ2n) is 7.10. The van der Waals surface area contributed by atoms with Crippen LogP contribution < -0.4 is 14.8 Å². The number of methoxy groups -OCH3 is 1. The first-order valence-electron chi connectivity index (χ1n) is 10.4. The van der Waals surface area contributed by atoms with Gasteiger partial charge in [0.2, 0.25) is 5.82 Å². The molecule has 0 radical (unpaired) electrons. The number of benzene rings is 3. The van der Waals surface area contributed by atoms with E-state index in [1.807, 2.05) is 12.1 Å². The van der Waals surface area contributed by atoms with Crippen LogP contribution in [-0.2, 0) is 16.1 Å². The molecule has 1 N–H and O–H groups in total. The van der Waals surface area contributed by atoms with Crippen molar-refractivity contribution in [2.24, 2.45) is 0 Å². The molecule has 1 aromatic heterocycles. The smallest absolute Gasteiger partial charge is 0.342 e. The summed E-state index contributed by atoms with van der Waals surface area (Å²) in [6.45, 7) is -0.715. The fraction of sp³-hybridized carbons (Fsp3) is 0.120. The van der Waals surface area contributed by atoms with E-state index in [4.69, 9.17) is 18.7 Å². The van der Waals surface area contributed by atoms with Crippen molar-refractivity contribution in [3.05, 3.63) is 90.1 Å². The third-order valence-corrected chi connectivity index (χ3v) is 4.76. The monoisotopic (exact) mass is 477 g/mol. The highest BCUT2D eigenvalue weighted by Gasteiger charge is 2.18. The standard InChI is InChI=1S/C25H20FN3O6/c1-32-20-12-6-2-8-16(20)24-28-23(35-29-24)15-34-25(31)17-9-3-7-13-21(17)33-14-22(30)27-19-11-5-4-10-18(19)26/h2-13H,14-15H2,1H3,(H,27,30). The highest BCUT2D eigenvalue weighted by atomic mass is 19.1. The average Bonchev–Trinajstić information content (AvgIpc) is 3.36. The number of nitrogens with zero attached hydrogens (tertiary/aromatic N) is 2. The van der Waals surface area contributed by atoms with Crippen LogP contribution in [0.2, 0.25) is 0 Å². The van der Waals surface area contributed by atoms with Crippen LogP contribution in [0.5, 0.6) is 11.5 Å². The van der Waals surface area contributed by atoms with Gasteiger partial charge in [-0.05, 0) is 36.4 Å². The van der Waals surface area contributed by atoms with Crippen LogP contribution in [-0.4, -0.2) is 35.7 Å². The maximum Gasteiger partial charge on any atom is 0.342 e. The van der Waals surface area contributed by atoms with E-state index in [2.05, 4.69) is 15.5 Å². The summed E-state index contributed by atoms with van der Waals surface area (Å²) in [6, 6.07) is 19.2. The van der Waals surface area contributed by atoms with Crippen molar-refractivity contribution in [3.8, 4) is 22.9 Å². The Hall–Kier alpha value is -4.73. The zero-order chi connectivity index (χ0) is 24.6. The van der Waals surface area contributed by atoms with Crippen molar-refractivity contribution in [2.45, 2.75) is 6.61 Å². The SMILES string of the molecule is COc1ccccc1-c1noc(COC(=O)c2ccccc2OCC(=O)Nc2ccccc2F)n1. The highest BCUT2D eigenvalue weighted by Crippen LogP contribution is 2.27. The Labute approximate surface area is 199 Å². The number of hydrogen-bond donors (Lipinski definition) is 1.